The van der Waals surface area contributed by atoms with Crippen molar-refractivity contribution >= 4 is 15.9 Å². The molecule has 0 aromatic heterocycles. The highest BCUT2D eigenvalue weighted by Gasteiger charge is 2.25. The summed E-state index contributed by atoms with van der Waals surface area (Å²) < 4.78 is 36.5. The van der Waals surface area contributed by atoms with E-state index in [2.05, 4.69) is 10.0 Å². The zero-order valence-corrected chi connectivity index (χ0v) is 16.9. The predicted molar refractivity (Wildman–Crippen MR) is 105 cm³/mol. The molecule has 2 aromatic rings. The Balaban J connectivity index is 1.59. The molecule has 3 rings (SSSR count). The summed E-state index contributed by atoms with van der Waals surface area (Å²) in [5.74, 6) is 1.29. The first-order valence-corrected chi connectivity index (χ1v) is 10.4. The highest BCUT2D eigenvalue weighted by Crippen LogP contribution is 2.35. The van der Waals surface area contributed by atoms with Crippen LogP contribution in [0, 0.1) is 0 Å². The summed E-state index contributed by atoms with van der Waals surface area (Å²) in [6.45, 7) is 4.07. The zero-order valence-electron chi connectivity index (χ0n) is 16.1. The van der Waals surface area contributed by atoms with Crippen LogP contribution in [0.25, 0.3) is 0 Å². The number of carbonyl (C=O) groups is 1. The topological polar surface area (TPSA) is 93.7 Å². The third kappa shape index (κ3) is 4.45. The minimum absolute atomic E-state index is 0.0883. The standard InChI is InChI=1S/C20H24N2O5S/c1-20(2,15-7-10-17-18(12-15)27-13-26-17)22-19(23)11-6-14-4-8-16(9-5-14)28(24,25)21-3/h4-5,7-10,12,21H,6,11,13H2,1-3H3,(H,22,23). The Morgan fingerprint density at radius 2 is 1.75 bits per heavy atom. The maximum Gasteiger partial charge on any atom is 0.240 e. The molecule has 0 unspecified atom stereocenters. The van der Waals surface area contributed by atoms with E-state index >= 15 is 0 Å². The maximum absolute atomic E-state index is 12.4. The second kappa shape index (κ2) is 7.81. The molecular weight excluding hydrogens is 380 g/mol. The van der Waals surface area contributed by atoms with E-state index in [0.717, 1.165) is 11.1 Å². The molecule has 0 radical (unpaired) electrons. The molecule has 0 fully saturated rings. The average Bonchev–Trinajstić information content (AvgIpc) is 3.14. The van der Waals surface area contributed by atoms with E-state index in [-0.39, 0.29) is 17.6 Å². The maximum atomic E-state index is 12.4. The molecule has 0 aliphatic carbocycles. The normalized spacial score (nSPS) is 13.4. The van der Waals surface area contributed by atoms with Gasteiger partial charge in [0.25, 0.3) is 0 Å². The molecule has 1 aliphatic rings. The van der Waals surface area contributed by atoms with Crippen molar-refractivity contribution in [2.45, 2.75) is 37.1 Å². The number of fused-ring (bicyclic) bond motifs is 1. The van der Waals surface area contributed by atoms with E-state index < -0.39 is 15.6 Å². The number of benzene rings is 2. The quantitative estimate of drug-likeness (QED) is 0.739. The Bertz CT molecular complexity index is 969. The Kier molecular flexibility index (Phi) is 5.62. The van der Waals surface area contributed by atoms with Crippen molar-refractivity contribution in [3.05, 3.63) is 53.6 Å². The van der Waals surface area contributed by atoms with Crippen molar-refractivity contribution in [3.8, 4) is 11.5 Å². The lowest BCUT2D eigenvalue weighted by Crippen LogP contribution is -2.41. The van der Waals surface area contributed by atoms with E-state index in [4.69, 9.17) is 9.47 Å². The molecule has 2 aromatic carbocycles. The van der Waals surface area contributed by atoms with E-state index in [0.29, 0.717) is 24.3 Å². The summed E-state index contributed by atoms with van der Waals surface area (Å²) in [5.41, 5.74) is 1.25. The van der Waals surface area contributed by atoms with E-state index in [1.165, 1.54) is 19.2 Å². The number of carbonyl (C=O) groups excluding carboxylic acids is 1. The molecule has 28 heavy (non-hydrogen) atoms. The molecule has 0 bridgehead atoms. The van der Waals surface area contributed by atoms with Gasteiger partial charge in [-0.1, -0.05) is 18.2 Å². The fourth-order valence-corrected chi connectivity index (χ4v) is 3.71. The van der Waals surface area contributed by atoms with Crippen LogP contribution >= 0.6 is 0 Å². The number of rotatable bonds is 7. The van der Waals surface area contributed by atoms with Crippen molar-refractivity contribution < 1.29 is 22.7 Å². The van der Waals surface area contributed by atoms with E-state index in [1.54, 1.807) is 12.1 Å². The van der Waals surface area contributed by atoms with Gasteiger partial charge in [-0.15, -0.1) is 0 Å². The summed E-state index contributed by atoms with van der Waals surface area (Å²) >= 11 is 0. The van der Waals surface area contributed by atoms with Crippen LogP contribution in [0.5, 0.6) is 11.5 Å². The van der Waals surface area contributed by atoms with Gasteiger partial charge in [-0.3, -0.25) is 4.79 Å². The van der Waals surface area contributed by atoms with Crippen LogP contribution in [0.15, 0.2) is 47.4 Å². The van der Waals surface area contributed by atoms with Crippen LogP contribution in [-0.2, 0) is 26.8 Å². The fraction of sp³-hybridized carbons (Fsp3) is 0.350. The minimum atomic E-state index is -3.45. The van der Waals surface area contributed by atoms with Crippen LogP contribution in [0.3, 0.4) is 0 Å². The molecule has 0 saturated heterocycles. The van der Waals surface area contributed by atoms with Crippen LogP contribution in [0.4, 0.5) is 0 Å². The largest absolute Gasteiger partial charge is 0.454 e. The lowest BCUT2D eigenvalue weighted by molar-refractivity contribution is -0.122. The molecule has 0 spiro atoms. The third-order valence-electron chi connectivity index (χ3n) is 4.69. The van der Waals surface area contributed by atoms with Gasteiger partial charge < -0.3 is 14.8 Å². The SMILES string of the molecule is CNS(=O)(=O)c1ccc(CCC(=O)NC(C)(C)c2ccc3c(c2)OCO3)cc1. The van der Waals surface area contributed by atoms with Crippen molar-refractivity contribution in [2.75, 3.05) is 13.8 Å². The first-order valence-electron chi connectivity index (χ1n) is 8.95. The highest BCUT2D eigenvalue weighted by atomic mass is 32.2. The number of hydrogen-bond donors (Lipinski definition) is 2. The first-order chi connectivity index (χ1) is 13.2. The van der Waals surface area contributed by atoms with Crippen LogP contribution in [-0.4, -0.2) is 28.2 Å². The average molecular weight is 404 g/mol. The Morgan fingerprint density at radius 1 is 1.07 bits per heavy atom. The van der Waals surface area contributed by atoms with Crippen molar-refractivity contribution in [2.24, 2.45) is 0 Å². The van der Waals surface area contributed by atoms with Crippen molar-refractivity contribution in [3.63, 3.8) is 0 Å². The molecule has 8 heteroatoms. The second-order valence-corrected chi connectivity index (χ2v) is 8.98. The van der Waals surface area contributed by atoms with E-state index in [9.17, 15) is 13.2 Å². The number of sulfonamides is 1. The highest BCUT2D eigenvalue weighted by molar-refractivity contribution is 7.89. The van der Waals surface area contributed by atoms with Crippen molar-refractivity contribution in [1.82, 2.24) is 10.0 Å². The summed E-state index contributed by atoms with van der Waals surface area (Å²) in [7, 11) is -2.08. The minimum Gasteiger partial charge on any atom is -0.454 e. The molecule has 1 amide bonds. The second-order valence-electron chi connectivity index (χ2n) is 7.09. The van der Waals surface area contributed by atoms with Gasteiger partial charge in [0.05, 0.1) is 10.4 Å². The molecule has 0 saturated carbocycles. The van der Waals surface area contributed by atoms with Gasteiger partial charge in [0, 0.05) is 6.42 Å². The predicted octanol–water partition coefficient (Wildman–Crippen LogP) is 2.31. The van der Waals surface area contributed by atoms with E-state index in [1.807, 2.05) is 32.0 Å². The number of ether oxygens (including phenoxy) is 2. The molecular formula is C20H24N2O5S. The van der Waals surface area contributed by atoms with Crippen molar-refractivity contribution in [1.29, 1.82) is 0 Å². The summed E-state index contributed by atoms with van der Waals surface area (Å²) in [6.07, 6.45) is 0.815. The number of aryl methyl sites for hydroxylation is 1. The summed E-state index contributed by atoms with van der Waals surface area (Å²) in [6, 6.07) is 12.1. The van der Waals surface area contributed by atoms with Gasteiger partial charge in [-0.2, -0.15) is 0 Å². The Labute approximate surface area is 165 Å². The molecule has 1 heterocycles. The Morgan fingerprint density at radius 3 is 2.43 bits per heavy atom. The number of nitrogens with one attached hydrogen (secondary N) is 2. The molecule has 1 aliphatic heterocycles. The summed E-state index contributed by atoms with van der Waals surface area (Å²) in [4.78, 5) is 12.6. The lowest BCUT2D eigenvalue weighted by Gasteiger charge is -2.27. The van der Waals surface area contributed by atoms with Gasteiger partial charge in [0.15, 0.2) is 11.5 Å². The monoisotopic (exact) mass is 404 g/mol. The first kappa shape index (κ1) is 20.2. The summed E-state index contributed by atoms with van der Waals surface area (Å²) in [5, 5.41) is 3.04. The molecule has 150 valence electrons. The van der Waals surface area contributed by atoms with Gasteiger partial charge in [-0.25, -0.2) is 13.1 Å². The zero-order chi connectivity index (χ0) is 20.4. The molecule has 0 atom stereocenters. The van der Waals surface area contributed by atoms with Crippen LogP contribution < -0.4 is 19.5 Å². The fourth-order valence-electron chi connectivity index (χ4n) is 2.98. The number of amides is 1. The lowest BCUT2D eigenvalue weighted by atomic mass is 9.93. The Hall–Kier alpha value is -2.58. The van der Waals surface area contributed by atoms with Crippen LogP contribution in [0.2, 0.25) is 0 Å². The van der Waals surface area contributed by atoms with Gasteiger partial charge in [-0.05, 0) is 62.7 Å². The number of hydrogen-bond acceptors (Lipinski definition) is 5. The molecule has 2 N–H and O–H groups in total. The molecule has 7 nitrogen and oxygen atoms in total. The van der Waals surface area contributed by atoms with Crippen LogP contribution in [0.1, 0.15) is 31.4 Å². The smallest absolute Gasteiger partial charge is 0.240 e. The van der Waals surface area contributed by atoms with Gasteiger partial charge >= 0.3 is 0 Å². The van der Waals surface area contributed by atoms with Gasteiger partial charge in [0.2, 0.25) is 22.7 Å². The van der Waals surface area contributed by atoms with Gasteiger partial charge in [0.1, 0.15) is 0 Å². The third-order valence-corrected chi connectivity index (χ3v) is 6.12.